The lowest BCUT2D eigenvalue weighted by Gasteiger charge is -2.06. The Kier molecular flexibility index (Phi) is 14.5. The molecule has 0 aromatic heterocycles. The molecule has 18 heavy (non-hydrogen) atoms. The molecule has 1 nitrogen and oxygen atoms in total. The summed E-state index contributed by atoms with van der Waals surface area (Å²) in [6, 6.07) is 0. The van der Waals surface area contributed by atoms with E-state index in [-0.39, 0.29) is 6.10 Å². The standard InChI is InChI=1S/C17H33O/c1-3-5-7-9-10-11-12-14-16-17(18)15-13-8-6-4-2/h12,14,17-18H,1,3-11,13,15-16H2,2H3/b14-12-/t17-/m1/s1. The fourth-order valence-electron chi connectivity index (χ4n) is 2.09. The second-order valence-electron chi connectivity index (χ2n) is 5.27. The molecule has 0 aromatic carbocycles. The van der Waals surface area contributed by atoms with Crippen LogP contribution in [0.15, 0.2) is 12.2 Å². The van der Waals surface area contributed by atoms with Gasteiger partial charge in [-0.25, -0.2) is 0 Å². The molecule has 0 unspecified atom stereocenters. The van der Waals surface area contributed by atoms with Crippen LogP contribution in [0.3, 0.4) is 0 Å². The molecular weight excluding hydrogens is 220 g/mol. The molecule has 1 heteroatoms. The fraction of sp³-hybridized carbons (Fsp3) is 0.824. The van der Waals surface area contributed by atoms with Gasteiger partial charge in [-0.15, -0.1) is 0 Å². The average Bonchev–Trinajstić information content (AvgIpc) is 2.38. The molecule has 0 amide bonds. The first-order valence-electron chi connectivity index (χ1n) is 7.93. The molecule has 1 radical (unpaired) electrons. The highest BCUT2D eigenvalue weighted by molar-refractivity contribution is 4.83. The van der Waals surface area contributed by atoms with Crippen LogP contribution in [0, 0.1) is 6.92 Å². The van der Waals surface area contributed by atoms with Crippen LogP contribution < -0.4 is 0 Å². The number of allylic oxidation sites excluding steroid dienone is 1. The van der Waals surface area contributed by atoms with Gasteiger partial charge in [-0.05, 0) is 25.7 Å². The largest absolute Gasteiger partial charge is 0.393 e. The van der Waals surface area contributed by atoms with Crippen molar-refractivity contribution in [3.8, 4) is 0 Å². The van der Waals surface area contributed by atoms with Crippen LogP contribution in [-0.2, 0) is 0 Å². The Balaban J connectivity index is 3.23. The monoisotopic (exact) mass is 253 g/mol. The van der Waals surface area contributed by atoms with E-state index < -0.39 is 0 Å². The summed E-state index contributed by atoms with van der Waals surface area (Å²) in [6.45, 7) is 6.06. The Morgan fingerprint density at radius 2 is 1.67 bits per heavy atom. The maximum atomic E-state index is 9.76. The first-order chi connectivity index (χ1) is 8.81. The van der Waals surface area contributed by atoms with Crippen LogP contribution in [0.1, 0.15) is 84.0 Å². The number of aliphatic hydroxyl groups is 1. The third-order valence-electron chi connectivity index (χ3n) is 3.34. The summed E-state index contributed by atoms with van der Waals surface area (Å²) in [5.74, 6) is 0. The predicted octanol–water partition coefficient (Wildman–Crippen LogP) is 5.44. The van der Waals surface area contributed by atoms with Crippen molar-refractivity contribution in [2.24, 2.45) is 0 Å². The minimum Gasteiger partial charge on any atom is -0.393 e. The molecule has 0 aliphatic carbocycles. The summed E-state index contributed by atoms with van der Waals surface area (Å²) in [5, 5.41) is 9.76. The highest BCUT2D eigenvalue weighted by atomic mass is 16.3. The molecule has 0 aromatic rings. The van der Waals surface area contributed by atoms with Gasteiger partial charge in [-0.1, -0.05) is 77.4 Å². The Bertz CT molecular complexity index is 174. The van der Waals surface area contributed by atoms with Gasteiger partial charge in [0.15, 0.2) is 0 Å². The molecule has 0 bridgehead atoms. The smallest absolute Gasteiger partial charge is 0.0574 e. The summed E-state index contributed by atoms with van der Waals surface area (Å²) < 4.78 is 0. The third kappa shape index (κ3) is 13.8. The van der Waals surface area contributed by atoms with Crippen molar-refractivity contribution in [2.75, 3.05) is 0 Å². The third-order valence-corrected chi connectivity index (χ3v) is 3.34. The SMILES string of the molecule is [CH2]CCCCCC/C=C\C[C@H](O)CCCCCC. The molecule has 0 saturated heterocycles. The van der Waals surface area contributed by atoms with Gasteiger partial charge in [0, 0.05) is 0 Å². The lowest BCUT2D eigenvalue weighted by molar-refractivity contribution is 0.163. The first kappa shape index (κ1) is 17.7. The molecule has 0 aliphatic heterocycles. The van der Waals surface area contributed by atoms with E-state index in [0.717, 1.165) is 19.3 Å². The lowest BCUT2D eigenvalue weighted by atomic mass is 10.1. The number of hydrogen-bond acceptors (Lipinski definition) is 1. The molecule has 0 rings (SSSR count). The van der Waals surface area contributed by atoms with Gasteiger partial charge >= 0.3 is 0 Å². The van der Waals surface area contributed by atoms with Crippen LogP contribution in [0.5, 0.6) is 0 Å². The fourth-order valence-corrected chi connectivity index (χ4v) is 2.09. The van der Waals surface area contributed by atoms with Gasteiger partial charge in [-0.3, -0.25) is 0 Å². The van der Waals surface area contributed by atoms with Gasteiger partial charge in [0.2, 0.25) is 0 Å². The molecular formula is C17H33O. The molecule has 1 N–H and O–H groups in total. The van der Waals surface area contributed by atoms with Crippen molar-refractivity contribution in [3.63, 3.8) is 0 Å². The van der Waals surface area contributed by atoms with Gasteiger partial charge in [0.05, 0.1) is 6.10 Å². The highest BCUT2D eigenvalue weighted by Crippen LogP contribution is 2.09. The van der Waals surface area contributed by atoms with Gasteiger partial charge in [0.1, 0.15) is 0 Å². The summed E-state index contributed by atoms with van der Waals surface area (Å²) in [4.78, 5) is 0. The van der Waals surface area contributed by atoms with Crippen LogP contribution in [0.2, 0.25) is 0 Å². The zero-order chi connectivity index (χ0) is 13.5. The van der Waals surface area contributed by atoms with E-state index in [0.29, 0.717) is 0 Å². The quantitative estimate of drug-likeness (QED) is 0.342. The Morgan fingerprint density at radius 3 is 2.39 bits per heavy atom. The zero-order valence-electron chi connectivity index (χ0n) is 12.4. The van der Waals surface area contributed by atoms with Crippen molar-refractivity contribution >= 4 is 0 Å². The van der Waals surface area contributed by atoms with E-state index in [9.17, 15) is 5.11 Å². The predicted molar refractivity (Wildman–Crippen MR) is 81.6 cm³/mol. The number of hydrogen-bond donors (Lipinski definition) is 1. The molecule has 0 fully saturated rings. The minimum absolute atomic E-state index is 0.121. The van der Waals surface area contributed by atoms with E-state index >= 15 is 0 Å². The van der Waals surface area contributed by atoms with E-state index in [2.05, 4.69) is 26.0 Å². The van der Waals surface area contributed by atoms with Crippen LogP contribution in [0.4, 0.5) is 0 Å². The molecule has 0 spiro atoms. The van der Waals surface area contributed by atoms with Crippen molar-refractivity contribution in [1.29, 1.82) is 0 Å². The molecule has 1 atom stereocenters. The van der Waals surface area contributed by atoms with Crippen molar-refractivity contribution in [3.05, 3.63) is 19.1 Å². The second kappa shape index (κ2) is 14.8. The Morgan fingerprint density at radius 1 is 0.944 bits per heavy atom. The zero-order valence-corrected chi connectivity index (χ0v) is 12.4. The van der Waals surface area contributed by atoms with Gasteiger partial charge in [0.25, 0.3) is 0 Å². The summed E-state index contributed by atoms with van der Waals surface area (Å²) >= 11 is 0. The molecule has 0 aliphatic rings. The van der Waals surface area contributed by atoms with Gasteiger partial charge in [-0.2, -0.15) is 0 Å². The normalized spacial score (nSPS) is 13.3. The highest BCUT2D eigenvalue weighted by Gasteiger charge is 2.00. The first-order valence-corrected chi connectivity index (χ1v) is 7.93. The van der Waals surface area contributed by atoms with Gasteiger partial charge < -0.3 is 5.11 Å². The van der Waals surface area contributed by atoms with E-state index in [1.807, 2.05) is 0 Å². The maximum Gasteiger partial charge on any atom is 0.0574 e. The summed E-state index contributed by atoms with van der Waals surface area (Å²) in [7, 11) is 0. The van der Waals surface area contributed by atoms with E-state index in [1.165, 1.54) is 57.8 Å². The average molecular weight is 253 g/mol. The van der Waals surface area contributed by atoms with Crippen LogP contribution in [0.25, 0.3) is 0 Å². The molecule has 107 valence electrons. The Hall–Kier alpha value is -0.300. The molecule has 0 heterocycles. The second-order valence-corrected chi connectivity index (χ2v) is 5.27. The van der Waals surface area contributed by atoms with Crippen molar-refractivity contribution < 1.29 is 5.11 Å². The Labute approximate surface area is 115 Å². The maximum absolute atomic E-state index is 9.76. The van der Waals surface area contributed by atoms with Crippen LogP contribution in [-0.4, -0.2) is 11.2 Å². The van der Waals surface area contributed by atoms with E-state index in [1.54, 1.807) is 0 Å². The number of unbranched alkanes of at least 4 members (excludes halogenated alkanes) is 8. The topological polar surface area (TPSA) is 20.2 Å². The molecule has 0 saturated carbocycles. The number of rotatable bonds is 13. The van der Waals surface area contributed by atoms with E-state index in [4.69, 9.17) is 0 Å². The number of aliphatic hydroxyl groups excluding tert-OH is 1. The van der Waals surface area contributed by atoms with Crippen molar-refractivity contribution in [1.82, 2.24) is 0 Å². The summed E-state index contributed by atoms with van der Waals surface area (Å²) in [6.07, 6.45) is 18.5. The minimum atomic E-state index is -0.121. The van der Waals surface area contributed by atoms with Crippen molar-refractivity contribution in [2.45, 2.75) is 90.1 Å². The summed E-state index contributed by atoms with van der Waals surface area (Å²) in [5.41, 5.74) is 0. The lowest BCUT2D eigenvalue weighted by Crippen LogP contribution is -2.04. The van der Waals surface area contributed by atoms with Crippen LogP contribution >= 0.6 is 0 Å².